The number of oxime groups is 1. The van der Waals surface area contributed by atoms with Crippen LogP contribution < -0.4 is 11.1 Å². The predicted molar refractivity (Wildman–Crippen MR) is 64.3 cm³/mol. The molecule has 0 aliphatic heterocycles. The van der Waals surface area contributed by atoms with Crippen LogP contribution in [0.2, 0.25) is 0 Å². The minimum absolute atomic E-state index is 0.0561. The Balaban J connectivity index is 4.94. The lowest BCUT2D eigenvalue weighted by Gasteiger charge is -2.32. The average Bonchev–Trinajstić information content (AvgIpc) is 2.26. The fourth-order valence-electron chi connectivity index (χ4n) is 1.10. The van der Waals surface area contributed by atoms with E-state index in [2.05, 4.69) is 10.5 Å². The van der Waals surface area contributed by atoms with Crippen LogP contribution in [-0.4, -0.2) is 22.5 Å². The Labute approximate surface area is 97.1 Å². The molecule has 0 aromatic heterocycles. The molecule has 4 N–H and O–H groups in total. The van der Waals surface area contributed by atoms with Crippen molar-refractivity contribution in [1.82, 2.24) is 5.32 Å². The van der Waals surface area contributed by atoms with Gasteiger partial charge in [-0.15, -0.1) is 0 Å². The first-order valence-corrected chi connectivity index (χ1v) is 5.54. The zero-order chi connectivity index (χ0) is 13.0. The SMILES string of the molecule is CCC(C)(C)NC(=O)C(C)(CC)C(N)=NO. The number of hydrogen-bond acceptors (Lipinski definition) is 3. The Morgan fingerprint density at radius 3 is 2.12 bits per heavy atom. The van der Waals surface area contributed by atoms with E-state index in [4.69, 9.17) is 10.9 Å². The van der Waals surface area contributed by atoms with Crippen LogP contribution in [0.15, 0.2) is 5.16 Å². The molecule has 0 heterocycles. The molecule has 0 spiro atoms. The van der Waals surface area contributed by atoms with Crippen LogP contribution in [0, 0.1) is 5.41 Å². The van der Waals surface area contributed by atoms with E-state index >= 15 is 0 Å². The van der Waals surface area contributed by atoms with Gasteiger partial charge in [0, 0.05) is 5.54 Å². The second-order valence-electron chi connectivity index (χ2n) is 4.86. The van der Waals surface area contributed by atoms with Gasteiger partial charge in [0.05, 0.1) is 0 Å². The van der Waals surface area contributed by atoms with Gasteiger partial charge in [-0.3, -0.25) is 4.79 Å². The molecule has 1 amide bonds. The molecule has 94 valence electrons. The first-order chi connectivity index (χ1) is 7.23. The number of amides is 1. The third-order valence-electron chi connectivity index (χ3n) is 3.22. The number of nitrogens with zero attached hydrogens (tertiary/aromatic N) is 1. The number of nitrogens with one attached hydrogen (secondary N) is 1. The minimum Gasteiger partial charge on any atom is -0.409 e. The molecule has 0 saturated carbocycles. The molecule has 0 rings (SSSR count). The highest BCUT2D eigenvalue weighted by atomic mass is 16.4. The molecule has 0 saturated heterocycles. The summed E-state index contributed by atoms with van der Waals surface area (Å²) < 4.78 is 0. The average molecular weight is 229 g/mol. The number of carbonyl (C=O) groups is 1. The van der Waals surface area contributed by atoms with E-state index in [1.54, 1.807) is 6.92 Å². The van der Waals surface area contributed by atoms with E-state index in [1.165, 1.54) is 0 Å². The topological polar surface area (TPSA) is 87.7 Å². The standard InChI is InChI=1S/C11H23N3O2/c1-6-10(3,4)13-9(15)11(5,7-2)8(12)14-16/h16H,6-7H2,1-5H3,(H2,12,14)(H,13,15). The van der Waals surface area contributed by atoms with Crippen molar-refractivity contribution in [2.75, 3.05) is 0 Å². The molecule has 16 heavy (non-hydrogen) atoms. The highest BCUT2D eigenvalue weighted by Gasteiger charge is 2.38. The molecule has 1 unspecified atom stereocenters. The van der Waals surface area contributed by atoms with E-state index in [1.807, 2.05) is 27.7 Å². The summed E-state index contributed by atoms with van der Waals surface area (Å²) in [5.41, 5.74) is 4.32. The van der Waals surface area contributed by atoms with Gasteiger partial charge in [-0.25, -0.2) is 0 Å². The van der Waals surface area contributed by atoms with Gasteiger partial charge in [0.15, 0.2) is 5.84 Å². The first-order valence-electron chi connectivity index (χ1n) is 5.54. The summed E-state index contributed by atoms with van der Waals surface area (Å²) in [6, 6.07) is 0. The second kappa shape index (κ2) is 5.18. The van der Waals surface area contributed by atoms with Crippen molar-refractivity contribution in [2.24, 2.45) is 16.3 Å². The Morgan fingerprint density at radius 2 is 1.81 bits per heavy atom. The third-order valence-corrected chi connectivity index (χ3v) is 3.22. The van der Waals surface area contributed by atoms with Gasteiger partial charge in [0.1, 0.15) is 5.41 Å². The summed E-state index contributed by atoms with van der Waals surface area (Å²) in [6.45, 7) is 9.37. The maximum absolute atomic E-state index is 12.1. The van der Waals surface area contributed by atoms with Crippen molar-refractivity contribution < 1.29 is 10.0 Å². The van der Waals surface area contributed by atoms with E-state index < -0.39 is 5.41 Å². The van der Waals surface area contributed by atoms with E-state index in [-0.39, 0.29) is 17.3 Å². The first kappa shape index (κ1) is 14.7. The number of hydrogen-bond donors (Lipinski definition) is 3. The zero-order valence-corrected chi connectivity index (χ0v) is 10.8. The van der Waals surface area contributed by atoms with Crippen molar-refractivity contribution in [3.05, 3.63) is 0 Å². The predicted octanol–water partition coefficient (Wildman–Crippen LogP) is 1.45. The lowest BCUT2D eigenvalue weighted by Crippen LogP contribution is -2.53. The highest BCUT2D eigenvalue weighted by Crippen LogP contribution is 2.23. The zero-order valence-electron chi connectivity index (χ0n) is 10.8. The van der Waals surface area contributed by atoms with Crippen LogP contribution in [0.25, 0.3) is 0 Å². The summed E-state index contributed by atoms with van der Waals surface area (Å²) in [6.07, 6.45) is 1.29. The summed E-state index contributed by atoms with van der Waals surface area (Å²) in [5.74, 6) is -0.267. The molecule has 0 bridgehead atoms. The maximum Gasteiger partial charge on any atom is 0.234 e. The van der Waals surface area contributed by atoms with Gasteiger partial charge in [0.25, 0.3) is 0 Å². The number of rotatable bonds is 5. The van der Waals surface area contributed by atoms with Crippen molar-refractivity contribution >= 4 is 11.7 Å². The second-order valence-corrected chi connectivity index (χ2v) is 4.86. The fraction of sp³-hybridized carbons (Fsp3) is 0.818. The van der Waals surface area contributed by atoms with E-state index in [0.29, 0.717) is 6.42 Å². The number of carbonyl (C=O) groups excluding carboxylic acids is 1. The molecule has 0 aromatic carbocycles. The van der Waals surface area contributed by atoms with Crippen molar-refractivity contribution in [2.45, 2.75) is 53.0 Å². The van der Waals surface area contributed by atoms with Crippen LogP contribution in [-0.2, 0) is 4.79 Å². The normalized spacial score (nSPS) is 16.7. The molecule has 0 aromatic rings. The van der Waals surface area contributed by atoms with Gasteiger partial charge in [-0.1, -0.05) is 19.0 Å². The van der Waals surface area contributed by atoms with Crippen LogP contribution in [0.4, 0.5) is 0 Å². The smallest absolute Gasteiger partial charge is 0.234 e. The lowest BCUT2D eigenvalue weighted by atomic mass is 9.84. The van der Waals surface area contributed by atoms with E-state index in [0.717, 1.165) is 6.42 Å². The van der Waals surface area contributed by atoms with E-state index in [9.17, 15) is 4.79 Å². The van der Waals surface area contributed by atoms with Crippen molar-refractivity contribution in [3.8, 4) is 0 Å². The van der Waals surface area contributed by atoms with Gasteiger partial charge >= 0.3 is 0 Å². The van der Waals surface area contributed by atoms with Gasteiger partial charge in [0.2, 0.25) is 5.91 Å². The summed E-state index contributed by atoms with van der Waals surface area (Å²) in [7, 11) is 0. The summed E-state index contributed by atoms with van der Waals surface area (Å²) >= 11 is 0. The largest absolute Gasteiger partial charge is 0.409 e. The van der Waals surface area contributed by atoms with Crippen LogP contribution >= 0.6 is 0 Å². The molecule has 0 aliphatic rings. The maximum atomic E-state index is 12.1. The molecule has 1 atom stereocenters. The molecular weight excluding hydrogens is 206 g/mol. The number of amidine groups is 1. The Hall–Kier alpha value is -1.26. The lowest BCUT2D eigenvalue weighted by molar-refractivity contribution is -0.128. The Kier molecular flexibility index (Phi) is 4.78. The molecule has 5 heteroatoms. The summed E-state index contributed by atoms with van der Waals surface area (Å²) in [4.78, 5) is 12.1. The van der Waals surface area contributed by atoms with Gasteiger partial charge in [-0.05, 0) is 33.6 Å². The summed E-state index contributed by atoms with van der Waals surface area (Å²) in [5, 5.41) is 14.5. The third kappa shape index (κ3) is 3.12. The Morgan fingerprint density at radius 1 is 1.31 bits per heavy atom. The fourth-order valence-corrected chi connectivity index (χ4v) is 1.10. The van der Waals surface area contributed by atoms with Gasteiger partial charge < -0.3 is 16.3 Å². The molecule has 5 nitrogen and oxygen atoms in total. The van der Waals surface area contributed by atoms with Gasteiger partial charge in [-0.2, -0.15) is 0 Å². The molecule has 0 radical (unpaired) electrons. The molecular formula is C11H23N3O2. The molecule has 0 aliphatic carbocycles. The van der Waals surface area contributed by atoms with Crippen molar-refractivity contribution in [3.63, 3.8) is 0 Å². The highest BCUT2D eigenvalue weighted by molar-refractivity contribution is 6.06. The Bertz CT molecular complexity index is 287. The van der Waals surface area contributed by atoms with Crippen LogP contribution in [0.3, 0.4) is 0 Å². The molecule has 0 fully saturated rings. The quantitative estimate of drug-likeness (QED) is 0.288. The van der Waals surface area contributed by atoms with Crippen LogP contribution in [0.5, 0.6) is 0 Å². The minimum atomic E-state index is -0.957. The van der Waals surface area contributed by atoms with Crippen LogP contribution in [0.1, 0.15) is 47.5 Å². The van der Waals surface area contributed by atoms with Crippen molar-refractivity contribution in [1.29, 1.82) is 0 Å². The monoisotopic (exact) mass is 229 g/mol. The number of nitrogens with two attached hydrogens (primary N) is 1.